The van der Waals surface area contributed by atoms with Crippen molar-refractivity contribution >= 4 is 26.5 Å². The van der Waals surface area contributed by atoms with Gasteiger partial charge in [0.15, 0.2) is 16.2 Å². The highest BCUT2D eigenvalue weighted by atomic mass is 32.2. The van der Waals surface area contributed by atoms with E-state index >= 15 is 0 Å². The summed E-state index contributed by atoms with van der Waals surface area (Å²) < 4.78 is 51.1. The fourth-order valence-electron chi connectivity index (χ4n) is 4.07. The second kappa shape index (κ2) is 9.38. The van der Waals surface area contributed by atoms with E-state index in [1.807, 2.05) is 26.0 Å². The molecule has 0 saturated heterocycles. The highest BCUT2D eigenvalue weighted by molar-refractivity contribution is 7.43. The van der Waals surface area contributed by atoms with Gasteiger partial charge in [0.2, 0.25) is 0 Å². The maximum Gasteiger partial charge on any atom is 0.416 e. The molecule has 1 unspecified atom stereocenters. The third-order valence-electron chi connectivity index (χ3n) is 5.84. The van der Waals surface area contributed by atoms with E-state index in [4.69, 9.17) is 9.47 Å². The Labute approximate surface area is 205 Å². The summed E-state index contributed by atoms with van der Waals surface area (Å²) in [5.41, 5.74) is 0.432. The standard InChI is InChI=1S/C28H26F3O3S/c1-18-15-23(35-14-13-20-7-5-6-8-24(20)35)16-19(2)26(18)33-17-25(32)34-27(3,4)21-9-11-22(12-10-21)28(29,30)31/h5-16H,17H2,1-4H3/q+1. The van der Waals surface area contributed by atoms with Gasteiger partial charge < -0.3 is 9.47 Å². The predicted octanol–water partition coefficient (Wildman–Crippen LogP) is 8.07. The minimum Gasteiger partial charge on any atom is -0.481 e. The lowest BCUT2D eigenvalue weighted by Crippen LogP contribution is -2.29. The first-order chi connectivity index (χ1) is 16.5. The number of esters is 1. The predicted molar refractivity (Wildman–Crippen MR) is 133 cm³/mol. The molecule has 0 amide bonds. The Morgan fingerprint density at radius 3 is 2.11 bits per heavy atom. The van der Waals surface area contributed by atoms with Crippen molar-refractivity contribution in [2.24, 2.45) is 0 Å². The number of thiophene rings is 1. The van der Waals surface area contributed by atoms with Crippen LogP contribution in [-0.4, -0.2) is 12.6 Å². The molecular weight excluding hydrogens is 473 g/mol. The summed E-state index contributed by atoms with van der Waals surface area (Å²) in [5.74, 6) is 0.0189. The lowest BCUT2D eigenvalue weighted by molar-refractivity contribution is -0.160. The number of alkyl halides is 3. The van der Waals surface area contributed by atoms with Crippen molar-refractivity contribution in [2.75, 3.05) is 6.61 Å². The molecule has 1 heterocycles. The number of fused-ring (bicyclic) bond motifs is 1. The molecule has 0 aliphatic carbocycles. The largest absolute Gasteiger partial charge is 0.481 e. The van der Waals surface area contributed by atoms with Crippen LogP contribution in [0.15, 0.2) is 72.1 Å². The van der Waals surface area contributed by atoms with Gasteiger partial charge in [0.05, 0.1) is 5.56 Å². The van der Waals surface area contributed by atoms with Crippen molar-refractivity contribution in [3.63, 3.8) is 0 Å². The van der Waals surface area contributed by atoms with Gasteiger partial charge in [-0.2, -0.15) is 13.2 Å². The van der Waals surface area contributed by atoms with E-state index in [2.05, 4.69) is 35.7 Å². The average Bonchev–Trinajstić information content (AvgIpc) is 3.22. The molecule has 0 radical (unpaired) electrons. The van der Waals surface area contributed by atoms with Gasteiger partial charge in [-0.3, -0.25) is 0 Å². The molecule has 4 rings (SSSR count). The first-order valence-electron chi connectivity index (χ1n) is 11.1. The number of aryl methyl sites for hydroxylation is 2. The van der Waals surface area contributed by atoms with Gasteiger partial charge in [0, 0.05) is 34.1 Å². The lowest BCUT2D eigenvalue weighted by Gasteiger charge is -2.26. The van der Waals surface area contributed by atoms with Crippen LogP contribution in [0.25, 0.3) is 15.0 Å². The van der Waals surface area contributed by atoms with Gasteiger partial charge in [-0.1, -0.05) is 24.3 Å². The van der Waals surface area contributed by atoms with Crippen LogP contribution in [-0.2, 0) is 21.3 Å². The Morgan fingerprint density at radius 2 is 1.49 bits per heavy atom. The summed E-state index contributed by atoms with van der Waals surface area (Å²) in [6.45, 7) is 6.84. The van der Waals surface area contributed by atoms with Gasteiger partial charge in [0.1, 0.15) is 16.7 Å². The molecule has 0 spiro atoms. The molecule has 0 fully saturated rings. The highest BCUT2D eigenvalue weighted by Gasteiger charge is 2.32. The lowest BCUT2D eigenvalue weighted by atomic mass is 9.97. The third kappa shape index (κ3) is 5.35. The molecule has 0 saturated carbocycles. The van der Waals surface area contributed by atoms with Gasteiger partial charge in [0.25, 0.3) is 0 Å². The van der Waals surface area contributed by atoms with Crippen molar-refractivity contribution in [1.82, 2.24) is 0 Å². The Hall–Kier alpha value is -3.32. The molecule has 3 aromatic carbocycles. The summed E-state index contributed by atoms with van der Waals surface area (Å²) in [6.07, 6.45) is -4.42. The monoisotopic (exact) mass is 499 g/mol. The highest BCUT2D eigenvalue weighted by Crippen LogP contribution is 2.42. The van der Waals surface area contributed by atoms with E-state index in [0.29, 0.717) is 11.3 Å². The van der Waals surface area contributed by atoms with Crippen LogP contribution >= 0.6 is 10.5 Å². The number of rotatable bonds is 6. The van der Waals surface area contributed by atoms with Crippen LogP contribution in [0, 0.1) is 13.8 Å². The topological polar surface area (TPSA) is 35.5 Å². The number of carbonyl (C=O) groups excluding carboxylic acids is 1. The number of carbonyl (C=O) groups is 1. The number of ether oxygens (including phenoxy) is 2. The van der Waals surface area contributed by atoms with Crippen molar-refractivity contribution in [3.8, 4) is 10.6 Å². The van der Waals surface area contributed by atoms with Crippen LogP contribution in [0.5, 0.6) is 5.75 Å². The molecule has 182 valence electrons. The smallest absolute Gasteiger partial charge is 0.416 e. The van der Waals surface area contributed by atoms with Crippen molar-refractivity contribution in [3.05, 3.63) is 94.4 Å². The van der Waals surface area contributed by atoms with Gasteiger partial charge in [-0.15, -0.1) is 0 Å². The summed E-state index contributed by atoms with van der Waals surface area (Å²) in [7, 11) is -0.147. The Morgan fingerprint density at radius 1 is 0.886 bits per heavy atom. The van der Waals surface area contributed by atoms with Crippen LogP contribution in [0.2, 0.25) is 0 Å². The summed E-state index contributed by atoms with van der Waals surface area (Å²) in [6, 6.07) is 19.2. The van der Waals surface area contributed by atoms with Crippen LogP contribution in [0.4, 0.5) is 13.2 Å². The molecular formula is C28H26F3O3S+. The van der Waals surface area contributed by atoms with Crippen LogP contribution in [0.1, 0.15) is 36.1 Å². The molecule has 7 heteroatoms. The fraction of sp³-hybridized carbons (Fsp3) is 0.250. The summed E-state index contributed by atoms with van der Waals surface area (Å²) in [5, 5.41) is 3.44. The molecule has 0 bridgehead atoms. The zero-order valence-corrected chi connectivity index (χ0v) is 20.7. The zero-order chi connectivity index (χ0) is 25.4. The van der Waals surface area contributed by atoms with E-state index in [1.165, 1.54) is 27.1 Å². The first kappa shape index (κ1) is 24.8. The minimum absolute atomic E-state index is 0.147. The van der Waals surface area contributed by atoms with E-state index in [1.54, 1.807) is 13.8 Å². The second-order valence-corrected chi connectivity index (χ2v) is 10.8. The number of hydrogen-bond acceptors (Lipinski definition) is 3. The second-order valence-electron chi connectivity index (χ2n) is 8.91. The minimum atomic E-state index is -4.42. The van der Waals surface area contributed by atoms with Crippen molar-refractivity contribution in [1.29, 1.82) is 0 Å². The molecule has 0 aliphatic heterocycles. The Kier molecular flexibility index (Phi) is 6.64. The quantitative estimate of drug-likeness (QED) is 0.199. The Bertz CT molecular complexity index is 1350. The summed E-state index contributed by atoms with van der Waals surface area (Å²) >= 11 is 0. The van der Waals surface area contributed by atoms with E-state index < -0.39 is 23.3 Å². The average molecular weight is 500 g/mol. The Balaban J connectivity index is 1.45. The molecule has 1 aromatic heterocycles. The number of hydrogen-bond donors (Lipinski definition) is 0. The van der Waals surface area contributed by atoms with E-state index in [9.17, 15) is 18.0 Å². The normalized spacial score (nSPS) is 12.6. The molecule has 3 nitrogen and oxygen atoms in total. The van der Waals surface area contributed by atoms with Crippen LogP contribution in [0.3, 0.4) is 0 Å². The summed E-state index contributed by atoms with van der Waals surface area (Å²) in [4.78, 5) is 13.7. The van der Waals surface area contributed by atoms with E-state index in [0.717, 1.165) is 23.3 Å². The molecule has 0 N–H and O–H groups in total. The van der Waals surface area contributed by atoms with Gasteiger partial charge in [-0.25, -0.2) is 4.79 Å². The molecule has 1 atom stereocenters. The molecule has 0 aliphatic rings. The van der Waals surface area contributed by atoms with Crippen molar-refractivity contribution < 1.29 is 27.4 Å². The number of halogens is 3. The maximum absolute atomic E-state index is 12.8. The first-order valence-corrected chi connectivity index (χ1v) is 12.4. The number of benzene rings is 3. The molecule has 4 aromatic rings. The SMILES string of the molecule is Cc1cc(-[s+]2ccc3ccccc32)cc(C)c1OCC(=O)OC(C)(C)c1ccc(C(F)(F)F)cc1. The van der Waals surface area contributed by atoms with Gasteiger partial charge >= 0.3 is 12.1 Å². The van der Waals surface area contributed by atoms with E-state index in [-0.39, 0.29) is 17.1 Å². The fourth-order valence-corrected chi connectivity index (χ4v) is 6.13. The van der Waals surface area contributed by atoms with Gasteiger partial charge in [-0.05, 0) is 68.7 Å². The third-order valence-corrected chi connectivity index (χ3v) is 7.84. The molecule has 35 heavy (non-hydrogen) atoms. The maximum atomic E-state index is 12.8. The van der Waals surface area contributed by atoms with Crippen LogP contribution < -0.4 is 4.74 Å². The van der Waals surface area contributed by atoms with Crippen molar-refractivity contribution in [2.45, 2.75) is 39.5 Å². The zero-order valence-electron chi connectivity index (χ0n) is 19.9.